The van der Waals surface area contributed by atoms with Crippen molar-refractivity contribution in [2.24, 2.45) is 5.92 Å². The SMILES string of the molecule is CC(C)C(=O)Nc1ccc(NC(=S)NC(=O)/C=C/c2ccc(C(C)C)cc2)cc1. The van der Waals surface area contributed by atoms with Gasteiger partial charge in [-0.1, -0.05) is 52.0 Å². The molecule has 0 radical (unpaired) electrons. The Morgan fingerprint density at radius 1 is 0.862 bits per heavy atom. The monoisotopic (exact) mass is 409 g/mol. The zero-order valence-electron chi connectivity index (χ0n) is 17.2. The van der Waals surface area contributed by atoms with Crippen LogP contribution in [0.25, 0.3) is 6.08 Å². The van der Waals surface area contributed by atoms with E-state index in [1.54, 1.807) is 30.3 Å². The van der Waals surface area contributed by atoms with Gasteiger partial charge in [0.25, 0.3) is 0 Å². The first-order chi connectivity index (χ1) is 13.7. The van der Waals surface area contributed by atoms with Gasteiger partial charge >= 0.3 is 0 Å². The predicted molar refractivity (Wildman–Crippen MR) is 124 cm³/mol. The van der Waals surface area contributed by atoms with E-state index in [9.17, 15) is 9.59 Å². The van der Waals surface area contributed by atoms with Gasteiger partial charge in [-0.15, -0.1) is 0 Å². The molecule has 0 atom stereocenters. The number of amides is 2. The summed E-state index contributed by atoms with van der Waals surface area (Å²) in [5.74, 6) is 0.0347. The molecule has 2 rings (SSSR count). The summed E-state index contributed by atoms with van der Waals surface area (Å²) in [6.07, 6.45) is 3.19. The Kier molecular flexibility index (Phi) is 8.09. The Hall–Kier alpha value is -2.99. The van der Waals surface area contributed by atoms with Gasteiger partial charge in [0.2, 0.25) is 11.8 Å². The van der Waals surface area contributed by atoms with Crippen molar-refractivity contribution in [1.82, 2.24) is 5.32 Å². The van der Waals surface area contributed by atoms with E-state index in [-0.39, 0.29) is 22.8 Å². The number of thiocarbonyl (C=S) groups is 1. The van der Waals surface area contributed by atoms with Crippen molar-refractivity contribution in [3.63, 3.8) is 0 Å². The van der Waals surface area contributed by atoms with Crippen LogP contribution in [0.4, 0.5) is 11.4 Å². The number of nitrogens with one attached hydrogen (secondary N) is 3. The first-order valence-corrected chi connectivity index (χ1v) is 9.96. The van der Waals surface area contributed by atoms with E-state index >= 15 is 0 Å². The lowest BCUT2D eigenvalue weighted by Crippen LogP contribution is -2.32. The van der Waals surface area contributed by atoms with Gasteiger partial charge in [-0.05, 0) is 59.6 Å². The van der Waals surface area contributed by atoms with Gasteiger partial charge in [0.1, 0.15) is 0 Å². The maximum atomic E-state index is 12.1. The van der Waals surface area contributed by atoms with Crippen molar-refractivity contribution in [2.45, 2.75) is 33.6 Å². The predicted octanol–water partition coefficient (Wildman–Crippen LogP) is 4.93. The molecule has 3 N–H and O–H groups in total. The Bertz CT molecular complexity index is 885. The Balaban J connectivity index is 1.85. The van der Waals surface area contributed by atoms with Crippen LogP contribution in [0.3, 0.4) is 0 Å². The van der Waals surface area contributed by atoms with Crippen molar-refractivity contribution in [2.75, 3.05) is 10.6 Å². The number of hydrogen-bond donors (Lipinski definition) is 3. The zero-order chi connectivity index (χ0) is 21.4. The lowest BCUT2D eigenvalue weighted by molar-refractivity contribution is -0.119. The van der Waals surface area contributed by atoms with Gasteiger partial charge in [0.05, 0.1) is 0 Å². The molecule has 0 aliphatic carbocycles. The molecule has 2 amide bonds. The second kappa shape index (κ2) is 10.5. The molecule has 0 aliphatic heterocycles. The molecule has 0 spiro atoms. The van der Waals surface area contributed by atoms with Crippen molar-refractivity contribution >= 4 is 46.6 Å². The molecule has 2 aromatic rings. The van der Waals surface area contributed by atoms with Gasteiger partial charge in [-0.2, -0.15) is 0 Å². The summed E-state index contributed by atoms with van der Waals surface area (Å²) in [5.41, 5.74) is 3.62. The number of benzene rings is 2. The maximum absolute atomic E-state index is 12.1. The van der Waals surface area contributed by atoms with Crippen LogP contribution in [0.2, 0.25) is 0 Å². The van der Waals surface area contributed by atoms with Crippen LogP contribution in [-0.4, -0.2) is 16.9 Å². The molecule has 0 unspecified atom stereocenters. The third-order valence-electron chi connectivity index (χ3n) is 4.20. The van der Waals surface area contributed by atoms with Gasteiger partial charge in [-0.3, -0.25) is 14.9 Å². The molecular weight excluding hydrogens is 382 g/mol. The number of carbonyl (C=O) groups is 2. The van der Waals surface area contributed by atoms with E-state index in [0.29, 0.717) is 17.3 Å². The van der Waals surface area contributed by atoms with E-state index in [1.165, 1.54) is 11.6 Å². The van der Waals surface area contributed by atoms with Gasteiger partial charge in [0, 0.05) is 23.4 Å². The number of hydrogen-bond acceptors (Lipinski definition) is 3. The minimum absolute atomic E-state index is 0.0425. The third kappa shape index (κ3) is 7.50. The summed E-state index contributed by atoms with van der Waals surface area (Å²) < 4.78 is 0. The van der Waals surface area contributed by atoms with Crippen LogP contribution in [0.1, 0.15) is 44.7 Å². The number of rotatable bonds is 6. The van der Waals surface area contributed by atoms with E-state index < -0.39 is 0 Å². The molecule has 29 heavy (non-hydrogen) atoms. The minimum Gasteiger partial charge on any atom is -0.332 e. The summed E-state index contributed by atoms with van der Waals surface area (Å²) >= 11 is 5.18. The molecule has 0 heterocycles. The van der Waals surface area contributed by atoms with E-state index in [0.717, 1.165) is 5.56 Å². The molecule has 6 heteroatoms. The molecule has 2 aromatic carbocycles. The average Bonchev–Trinajstić information content (AvgIpc) is 2.68. The van der Waals surface area contributed by atoms with Crippen LogP contribution in [0.15, 0.2) is 54.6 Å². The molecule has 0 bridgehead atoms. The van der Waals surface area contributed by atoms with Gasteiger partial charge in [-0.25, -0.2) is 0 Å². The quantitative estimate of drug-likeness (QED) is 0.467. The maximum Gasteiger partial charge on any atom is 0.250 e. The molecule has 0 fully saturated rings. The normalized spacial score (nSPS) is 11.0. The summed E-state index contributed by atoms with van der Waals surface area (Å²) in [5, 5.41) is 8.58. The largest absolute Gasteiger partial charge is 0.332 e. The second-order valence-electron chi connectivity index (χ2n) is 7.32. The van der Waals surface area contributed by atoms with Gasteiger partial charge < -0.3 is 10.6 Å². The third-order valence-corrected chi connectivity index (χ3v) is 4.41. The zero-order valence-corrected chi connectivity index (χ0v) is 18.0. The first-order valence-electron chi connectivity index (χ1n) is 9.55. The molecule has 0 saturated heterocycles. The minimum atomic E-state index is -0.309. The summed E-state index contributed by atoms with van der Waals surface area (Å²) in [7, 11) is 0. The Morgan fingerprint density at radius 3 is 1.93 bits per heavy atom. The average molecular weight is 410 g/mol. The highest BCUT2D eigenvalue weighted by atomic mass is 32.1. The highest BCUT2D eigenvalue weighted by Crippen LogP contribution is 2.16. The molecular formula is C23H27N3O2S. The van der Waals surface area contributed by atoms with Crippen LogP contribution in [-0.2, 0) is 9.59 Å². The smallest absolute Gasteiger partial charge is 0.250 e. The molecule has 5 nitrogen and oxygen atoms in total. The fraction of sp³-hybridized carbons (Fsp3) is 0.261. The van der Waals surface area contributed by atoms with Crippen molar-refractivity contribution in [3.8, 4) is 0 Å². The standard InChI is InChI=1S/C23H27N3O2S/c1-15(2)18-8-5-17(6-9-18)7-14-21(27)26-23(29)25-20-12-10-19(11-13-20)24-22(28)16(3)4/h5-16H,1-4H3,(H,24,28)(H2,25,26,27,29)/b14-7+. The summed E-state index contributed by atoms with van der Waals surface area (Å²) in [4.78, 5) is 23.8. The summed E-state index contributed by atoms with van der Waals surface area (Å²) in [6.45, 7) is 7.95. The van der Waals surface area contributed by atoms with E-state index in [4.69, 9.17) is 12.2 Å². The number of anilines is 2. The molecule has 152 valence electrons. The molecule has 0 aromatic heterocycles. The van der Waals surface area contributed by atoms with Crippen molar-refractivity contribution in [3.05, 3.63) is 65.7 Å². The van der Waals surface area contributed by atoms with Crippen molar-refractivity contribution in [1.29, 1.82) is 0 Å². The first kappa shape index (κ1) is 22.3. The van der Waals surface area contributed by atoms with Crippen LogP contribution >= 0.6 is 12.2 Å². The highest BCUT2D eigenvalue weighted by molar-refractivity contribution is 7.80. The molecule has 0 aliphatic rings. The lowest BCUT2D eigenvalue weighted by atomic mass is 10.0. The summed E-state index contributed by atoms with van der Waals surface area (Å²) in [6, 6.07) is 15.2. The Labute approximate surface area is 177 Å². The highest BCUT2D eigenvalue weighted by Gasteiger charge is 2.07. The number of carbonyl (C=O) groups excluding carboxylic acids is 2. The van der Waals surface area contributed by atoms with E-state index in [1.807, 2.05) is 26.0 Å². The second-order valence-corrected chi connectivity index (χ2v) is 7.73. The fourth-order valence-electron chi connectivity index (χ4n) is 2.40. The fourth-order valence-corrected chi connectivity index (χ4v) is 2.62. The van der Waals surface area contributed by atoms with E-state index in [2.05, 4.69) is 41.9 Å². The Morgan fingerprint density at radius 2 is 1.41 bits per heavy atom. The van der Waals surface area contributed by atoms with Crippen LogP contribution in [0, 0.1) is 5.92 Å². The topological polar surface area (TPSA) is 70.2 Å². The van der Waals surface area contributed by atoms with Crippen LogP contribution in [0.5, 0.6) is 0 Å². The van der Waals surface area contributed by atoms with Gasteiger partial charge in [0.15, 0.2) is 5.11 Å². The lowest BCUT2D eigenvalue weighted by Gasteiger charge is -2.10. The molecule has 0 saturated carbocycles. The van der Waals surface area contributed by atoms with Crippen LogP contribution < -0.4 is 16.0 Å². The van der Waals surface area contributed by atoms with Crippen molar-refractivity contribution < 1.29 is 9.59 Å².